The molecule has 1 aliphatic carbocycles. The first-order chi connectivity index (χ1) is 8.87. The zero-order valence-corrected chi connectivity index (χ0v) is 11.9. The Kier molecular flexibility index (Phi) is 3.57. The zero-order chi connectivity index (χ0) is 14.0. The van der Waals surface area contributed by atoms with Crippen LogP contribution in [0.1, 0.15) is 29.2 Å². The summed E-state index contributed by atoms with van der Waals surface area (Å²) < 4.78 is 0. The van der Waals surface area contributed by atoms with E-state index in [9.17, 15) is 4.79 Å². The number of nitrogens with zero attached hydrogens (tertiary/aromatic N) is 1. The molecule has 0 aromatic carbocycles. The van der Waals surface area contributed by atoms with E-state index in [-0.39, 0.29) is 10.3 Å². The summed E-state index contributed by atoms with van der Waals surface area (Å²) in [6.45, 7) is 5.91. The number of nitrogens with one attached hydrogen (secondary N) is 1. The number of hydrogen-bond donors (Lipinski definition) is 2. The Balaban J connectivity index is 2.24. The Morgan fingerprint density at radius 1 is 1.42 bits per heavy atom. The molecule has 0 saturated heterocycles. The Labute approximate surface area is 116 Å². The van der Waals surface area contributed by atoms with Gasteiger partial charge >= 0.3 is 5.97 Å². The number of anilines is 1. The van der Waals surface area contributed by atoms with E-state index >= 15 is 0 Å². The maximum Gasteiger partial charge on any atom is 0.347 e. The quantitative estimate of drug-likeness (QED) is 0.885. The highest BCUT2D eigenvalue weighted by molar-refractivity contribution is 7.17. The van der Waals surface area contributed by atoms with Crippen molar-refractivity contribution in [2.75, 3.05) is 5.32 Å². The molecular weight excluding hydrogens is 260 g/mol. The summed E-state index contributed by atoms with van der Waals surface area (Å²) in [5, 5.41) is 12.8. The number of carbonyl (C=O) groups is 1. The third kappa shape index (κ3) is 3.32. The molecule has 0 fully saturated rings. The first kappa shape index (κ1) is 13.5. The maximum absolute atomic E-state index is 11.0. The molecule has 0 atom stereocenters. The van der Waals surface area contributed by atoms with Crippen LogP contribution in [-0.4, -0.2) is 16.1 Å². The van der Waals surface area contributed by atoms with Gasteiger partial charge in [-0.3, -0.25) is 0 Å². The summed E-state index contributed by atoms with van der Waals surface area (Å²) in [4.78, 5) is 15.5. The molecule has 0 bridgehead atoms. The van der Waals surface area contributed by atoms with E-state index in [0.29, 0.717) is 10.8 Å². The molecule has 0 amide bonds. The molecule has 0 aliphatic heterocycles. The third-order valence-corrected chi connectivity index (χ3v) is 3.74. The van der Waals surface area contributed by atoms with Gasteiger partial charge in [-0.2, -0.15) is 0 Å². The van der Waals surface area contributed by atoms with E-state index in [4.69, 9.17) is 5.11 Å². The van der Waals surface area contributed by atoms with Crippen LogP contribution in [0.2, 0.25) is 0 Å². The molecule has 0 spiro atoms. The Morgan fingerprint density at radius 2 is 2.16 bits per heavy atom. The molecule has 1 aromatic rings. The van der Waals surface area contributed by atoms with E-state index < -0.39 is 5.97 Å². The molecule has 19 heavy (non-hydrogen) atoms. The minimum atomic E-state index is -0.935. The van der Waals surface area contributed by atoms with Gasteiger partial charge in [0.2, 0.25) is 0 Å². The van der Waals surface area contributed by atoms with Crippen molar-refractivity contribution in [3.8, 4) is 0 Å². The molecule has 0 unspecified atom stereocenters. The fourth-order valence-corrected chi connectivity index (χ4v) is 2.63. The van der Waals surface area contributed by atoms with Crippen LogP contribution < -0.4 is 5.32 Å². The normalized spacial score (nSPS) is 16.9. The molecule has 1 aromatic heterocycles. The molecule has 2 N–H and O–H groups in total. The van der Waals surface area contributed by atoms with Crippen molar-refractivity contribution in [3.63, 3.8) is 0 Å². The number of aromatic carboxylic acids is 1. The highest BCUT2D eigenvalue weighted by atomic mass is 32.1. The van der Waals surface area contributed by atoms with Gasteiger partial charge in [0.1, 0.15) is 4.88 Å². The molecule has 4 nitrogen and oxygen atoms in total. The van der Waals surface area contributed by atoms with Gasteiger partial charge in [0.05, 0.1) is 5.69 Å². The second-order valence-corrected chi connectivity index (χ2v) is 6.00. The lowest BCUT2D eigenvalue weighted by Gasteiger charge is -2.15. The van der Waals surface area contributed by atoms with Gasteiger partial charge in [0.25, 0.3) is 0 Å². The first-order valence-electron chi connectivity index (χ1n) is 5.94. The number of hydrogen-bond acceptors (Lipinski definition) is 4. The Morgan fingerprint density at radius 3 is 2.79 bits per heavy atom. The van der Waals surface area contributed by atoms with Crippen molar-refractivity contribution in [2.24, 2.45) is 5.41 Å². The van der Waals surface area contributed by atoms with Gasteiger partial charge in [0, 0.05) is 11.1 Å². The SMILES string of the molecule is Cc1nc(NC2=CC(C)(C)C=CC=C2)sc1C(=O)O. The topological polar surface area (TPSA) is 62.2 Å². The Hall–Kier alpha value is -1.88. The van der Waals surface area contributed by atoms with Gasteiger partial charge < -0.3 is 10.4 Å². The fraction of sp³-hybridized carbons (Fsp3) is 0.286. The van der Waals surface area contributed by atoms with Crippen LogP contribution in [0.25, 0.3) is 0 Å². The Bertz CT molecular complexity index is 595. The highest BCUT2D eigenvalue weighted by Crippen LogP contribution is 2.27. The standard InChI is InChI=1S/C14H16N2O2S/c1-9-11(12(17)18)19-13(15-9)16-10-6-4-5-7-14(2,3)8-10/h4-8H,1-3H3,(H,15,16)(H,17,18). The third-order valence-electron chi connectivity index (χ3n) is 2.68. The molecule has 0 saturated carbocycles. The fourth-order valence-electron chi connectivity index (χ4n) is 1.81. The lowest BCUT2D eigenvalue weighted by molar-refractivity contribution is 0.0701. The van der Waals surface area contributed by atoms with E-state index in [1.807, 2.05) is 18.2 Å². The van der Waals surface area contributed by atoms with Crippen LogP contribution in [-0.2, 0) is 0 Å². The van der Waals surface area contributed by atoms with Crippen LogP contribution in [0.3, 0.4) is 0 Å². The van der Waals surface area contributed by atoms with Gasteiger partial charge in [-0.25, -0.2) is 9.78 Å². The van der Waals surface area contributed by atoms with E-state index in [1.165, 1.54) is 0 Å². The summed E-state index contributed by atoms with van der Waals surface area (Å²) in [5.41, 5.74) is 1.41. The zero-order valence-electron chi connectivity index (χ0n) is 11.1. The molecule has 1 heterocycles. The predicted octanol–water partition coefficient (Wildman–Crippen LogP) is 3.60. The van der Waals surface area contributed by atoms with Crippen molar-refractivity contribution >= 4 is 22.4 Å². The second kappa shape index (κ2) is 5.01. The molecular formula is C14H16N2O2S. The predicted molar refractivity (Wildman–Crippen MR) is 77.6 cm³/mol. The largest absolute Gasteiger partial charge is 0.477 e. The van der Waals surface area contributed by atoms with Crippen LogP contribution in [0.4, 0.5) is 5.13 Å². The summed E-state index contributed by atoms with van der Waals surface area (Å²) in [5.74, 6) is -0.935. The summed E-state index contributed by atoms with van der Waals surface area (Å²) >= 11 is 1.15. The number of aryl methyl sites for hydroxylation is 1. The van der Waals surface area contributed by atoms with Crippen molar-refractivity contribution in [3.05, 3.63) is 46.6 Å². The summed E-state index contributed by atoms with van der Waals surface area (Å²) in [7, 11) is 0. The van der Waals surface area contributed by atoms with Crippen LogP contribution in [0.5, 0.6) is 0 Å². The van der Waals surface area contributed by atoms with E-state index in [0.717, 1.165) is 17.0 Å². The molecule has 1 aliphatic rings. The van der Waals surface area contributed by atoms with Gasteiger partial charge in [-0.1, -0.05) is 49.5 Å². The first-order valence-corrected chi connectivity index (χ1v) is 6.75. The van der Waals surface area contributed by atoms with E-state index in [1.54, 1.807) is 6.92 Å². The maximum atomic E-state index is 11.0. The minimum Gasteiger partial charge on any atom is -0.477 e. The average molecular weight is 276 g/mol. The lowest BCUT2D eigenvalue weighted by atomic mass is 9.92. The number of rotatable bonds is 3. The van der Waals surface area contributed by atoms with Crippen molar-refractivity contribution in [1.82, 2.24) is 4.98 Å². The number of thiazole rings is 1. The lowest BCUT2D eigenvalue weighted by Crippen LogP contribution is -2.06. The van der Waals surface area contributed by atoms with Gasteiger partial charge in [-0.15, -0.1) is 0 Å². The molecule has 2 rings (SSSR count). The number of carboxylic acid groups (broad SMARTS) is 1. The number of allylic oxidation sites excluding steroid dienone is 5. The summed E-state index contributed by atoms with van der Waals surface area (Å²) in [6, 6.07) is 0. The summed E-state index contributed by atoms with van der Waals surface area (Å²) in [6.07, 6.45) is 10.1. The minimum absolute atomic E-state index is 0.0479. The van der Waals surface area contributed by atoms with Crippen molar-refractivity contribution in [1.29, 1.82) is 0 Å². The van der Waals surface area contributed by atoms with Crippen LogP contribution in [0, 0.1) is 12.3 Å². The number of carboxylic acids is 1. The molecule has 0 radical (unpaired) electrons. The smallest absolute Gasteiger partial charge is 0.347 e. The van der Waals surface area contributed by atoms with Crippen molar-refractivity contribution in [2.45, 2.75) is 20.8 Å². The van der Waals surface area contributed by atoms with Gasteiger partial charge in [-0.05, 0) is 13.0 Å². The monoisotopic (exact) mass is 276 g/mol. The van der Waals surface area contributed by atoms with Crippen LogP contribution in [0.15, 0.2) is 36.1 Å². The van der Waals surface area contributed by atoms with Crippen molar-refractivity contribution < 1.29 is 9.90 Å². The van der Waals surface area contributed by atoms with Crippen LogP contribution >= 0.6 is 11.3 Å². The molecule has 5 heteroatoms. The molecule has 100 valence electrons. The average Bonchev–Trinajstić information content (AvgIpc) is 2.55. The van der Waals surface area contributed by atoms with Gasteiger partial charge in [0.15, 0.2) is 5.13 Å². The second-order valence-electron chi connectivity index (χ2n) is 5.00. The highest BCUT2D eigenvalue weighted by Gasteiger charge is 2.16. The van der Waals surface area contributed by atoms with E-state index in [2.05, 4.69) is 36.3 Å². The number of aromatic nitrogens is 1.